The van der Waals surface area contributed by atoms with Crippen LogP contribution in [-0.4, -0.2) is 73.8 Å². The molecule has 11 heteroatoms. The summed E-state index contributed by atoms with van der Waals surface area (Å²) in [5.41, 5.74) is 2.37. The van der Waals surface area contributed by atoms with Crippen LogP contribution in [0.2, 0.25) is 0 Å². The zero-order valence-electron chi connectivity index (χ0n) is 17.0. The van der Waals surface area contributed by atoms with Crippen LogP contribution in [0, 0.1) is 0 Å². The Morgan fingerprint density at radius 2 is 1.74 bits per heavy atom. The number of carbonyl (C=O) groups excluding carboxylic acids is 2. The highest BCUT2D eigenvalue weighted by atomic mass is 32.2. The number of nitrogens with one attached hydrogen (secondary N) is 1. The molecule has 3 heterocycles. The van der Waals surface area contributed by atoms with Gasteiger partial charge in [0, 0.05) is 62.6 Å². The largest absolute Gasteiger partial charge is 0.368 e. The Balaban J connectivity index is 1.27. The number of anilines is 2. The lowest BCUT2D eigenvalue weighted by Gasteiger charge is -2.36. The second-order valence-corrected chi connectivity index (χ2v) is 7.93. The van der Waals surface area contributed by atoms with Crippen LogP contribution in [0.3, 0.4) is 0 Å². The molecule has 1 N–H and O–H groups in total. The summed E-state index contributed by atoms with van der Waals surface area (Å²) < 4.78 is 1.51. The Labute approximate surface area is 183 Å². The van der Waals surface area contributed by atoms with E-state index in [1.807, 2.05) is 17.0 Å². The first-order valence-electron chi connectivity index (χ1n) is 9.79. The van der Waals surface area contributed by atoms with Gasteiger partial charge < -0.3 is 15.1 Å². The molecular formula is C20H22N8O2S. The number of benzene rings is 1. The summed E-state index contributed by atoms with van der Waals surface area (Å²) in [6.07, 6.45) is 3.55. The lowest BCUT2D eigenvalue weighted by Crippen LogP contribution is -2.48. The van der Waals surface area contributed by atoms with Crippen LogP contribution in [0.15, 0.2) is 53.9 Å². The van der Waals surface area contributed by atoms with E-state index in [1.54, 1.807) is 43.7 Å². The van der Waals surface area contributed by atoms with Gasteiger partial charge in [0.25, 0.3) is 5.91 Å². The van der Waals surface area contributed by atoms with Crippen molar-refractivity contribution in [3.05, 3.63) is 54.4 Å². The summed E-state index contributed by atoms with van der Waals surface area (Å²) in [6, 6.07) is 10.9. The molecule has 0 saturated carbocycles. The van der Waals surface area contributed by atoms with Gasteiger partial charge in [-0.05, 0) is 46.8 Å². The highest BCUT2D eigenvalue weighted by Crippen LogP contribution is 2.18. The van der Waals surface area contributed by atoms with Crippen LogP contribution in [-0.2, 0) is 11.8 Å². The fourth-order valence-corrected chi connectivity index (χ4v) is 3.92. The average molecular weight is 439 g/mol. The summed E-state index contributed by atoms with van der Waals surface area (Å²) in [5, 5.41) is 14.5. The van der Waals surface area contributed by atoms with Gasteiger partial charge in [-0.25, -0.2) is 4.68 Å². The van der Waals surface area contributed by atoms with Gasteiger partial charge in [-0.1, -0.05) is 11.8 Å². The van der Waals surface area contributed by atoms with Gasteiger partial charge in [-0.3, -0.25) is 14.6 Å². The molecule has 0 spiro atoms. The van der Waals surface area contributed by atoms with Crippen molar-refractivity contribution in [3.63, 3.8) is 0 Å². The van der Waals surface area contributed by atoms with E-state index < -0.39 is 0 Å². The SMILES string of the molecule is Cn1nnnc1SCC(=O)Nc1ccc(C(=O)N2CCN(c3ccncc3)CC2)cc1. The standard InChI is InChI=1S/C20H22N8O2S/c1-26-20(23-24-25-26)31-14-18(29)22-16-4-2-15(3-5-16)19(30)28-12-10-27(11-13-28)17-6-8-21-9-7-17/h2-9H,10-14H2,1H3,(H,22,29). The maximum absolute atomic E-state index is 12.8. The average Bonchev–Trinajstić information content (AvgIpc) is 3.23. The summed E-state index contributed by atoms with van der Waals surface area (Å²) in [4.78, 5) is 33.1. The number of hydrogen-bond donors (Lipinski definition) is 1. The summed E-state index contributed by atoms with van der Waals surface area (Å²) in [5.74, 6) is 0.0216. The minimum atomic E-state index is -0.167. The smallest absolute Gasteiger partial charge is 0.253 e. The minimum Gasteiger partial charge on any atom is -0.368 e. The van der Waals surface area contributed by atoms with Gasteiger partial charge in [0.1, 0.15) is 0 Å². The van der Waals surface area contributed by atoms with Crippen LogP contribution in [0.25, 0.3) is 0 Å². The molecule has 10 nitrogen and oxygen atoms in total. The Morgan fingerprint density at radius 3 is 2.39 bits per heavy atom. The van der Waals surface area contributed by atoms with E-state index in [2.05, 4.69) is 30.7 Å². The van der Waals surface area contributed by atoms with Crippen molar-refractivity contribution in [1.29, 1.82) is 0 Å². The first-order valence-corrected chi connectivity index (χ1v) is 10.8. The first-order chi connectivity index (χ1) is 15.1. The molecule has 0 unspecified atom stereocenters. The van der Waals surface area contributed by atoms with Crippen molar-refractivity contribution < 1.29 is 9.59 Å². The monoisotopic (exact) mass is 438 g/mol. The lowest BCUT2D eigenvalue weighted by molar-refractivity contribution is -0.113. The molecule has 4 rings (SSSR count). The third kappa shape index (κ3) is 5.18. The number of amides is 2. The Bertz CT molecular complexity index is 1030. The van der Waals surface area contributed by atoms with Crippen molar-refractivity contribution >= 4 is 35.0 Å². The van der Waals surface area contributed by atoms with Gasteiger partial charge in [0.05, 0.1) is 5.75 Å². The zero-order valence-corrected chi connectivity index (χ0v) is 17.8. The number of hydrogen-bond acceptors (Lipinski definition) is 8. The molecular weight excluding hydrogens is 416 g/mol. The second-order valence-electron chi connectivity index (χ2n) is 6.98. The molecule has 160 valence electrons. The van der Waals surface area contributed by atoms with Crippen LogP contribution in [0.5, 0.6) is 0 Å². The Morgan fingerprint density at radius 1 is 1.03 bits per heavy atom. The number of carbonyl (C=O) groups is 2. The topological polar surface area (TPSA) is 109 Å². The minimum absolute atomic E-state index is 0.00223. The molecule has 0 atom stereocenters. The molecule has 1 saturated heterocycles. The molecule has 0 aliphatic carbocycles. The van der Waals surface area contributed by atoms with Crippen LogP contribution in [0.1, 0.15) is 10.4 Å². The normalized spacial score (nSPS) is 13.8. The van der Waals surface area contributed by atoms with E-state index in [0.29, 0.717) is 29.5 Å². The van der Waals surface area contributed by atoms with Gasteiger partial charge in [-0.2, -0.15) is 0 Å². The van der Waals surface area contributed by atoms with Crippen molar-refractivity contribution in [2.75, 3.05) is 42.1 Å². The number of tetrazole rings is 1. The molecule has 1 fully saturated rings. The molecule has 1 aliphatic heterocycles. The number of rotatable bonds is 6. The van der Waals surface area contributed by atoms with Crippen LogP contribution in [0.4, 0.5) is 11.4 Å². The fourth-order valence-electron chi connectivity index (χ4n) is 3.27. The number of aromatic nitrogens is 5. The molecule has 2 aromatic heterocycles. The van der Waals surface area contributed by atoms with Crippen molar-refractivity contribution in [2.45, 2.75) is 5.16 Å². The molecule has 0 bridgehead atoms. The van der Waals surface area contributed by atoms with E-state index in [9.17, 15) is 9.59 Å². The summed E-state index contributed by atoms with van der Waals surface area (Å²) >= 11 is 1.25. The zero-order chi connectivity index (χ0) is 21.6. The van der Waals surface area contributed by atoms with E-state index in [4.69, 9.17) is 0 Å². The van der Waals surface area contributed by atoms with Crippen LogP contribution < -0.4 is 10.2 Å². The highest BCUT2D eigenvalue weighted by Gasteiger charge is 2.22. The van der Waals surface area contributed by atoms with Crippen molar-refractivity contribution in [1.82, 2.24) is 30.1 Å². The van der Waals surface area contributed by atoms with Gasteiger partial charge in [-0.15, -0.1) is 5.10 Å². The Kier molecular flexibility index (Phi) is 6.41. The molecule has 1 aliphatic rings. The van der Waals surface area contributed by atoms with Crippen LogP contribution >= 0.6 is 11.8 Å². The third-order valence-corrected chi connectivity index (χ3v) is 5.93. The number of piperazine rings is 1. The molecule has 0 radical (unpaired) electrons. The van der Waals surface area contributed by atoms with Crippen molar-refractivity contribution in [2.24, 2.45) is 7.05 Å². The van der Waals surface area contributed by atoms with Gasteiger partial charge in [0.15, 0.2) is 0 Å². The van der Waals surface area contributed by atoms with E-state index in [1.165, 1.54) is 16.4 Å². The number of thioether (sulfide) groups is 1. The predicted molar refractivity (Wildman–Crippen MR) is 117 cm³/mol. The highest BCUT2D eigenvalue weighted by molar-refractivity contribution is 7.99. The van der Waals surface area contributed by atoms with E-state index in [0.717, 1.165) is 18.8 Å². The molecule has 2 amide bonds. The molecule has 3 aromatic rings. The van der Waals surface area contributed by atoms with E-state index in [-0.39, 0.29) is 17.6 Å². The number of pyridine rings is 1. The lowest BCUT2D eigenvalue weighted by atomic mass is 10.1. The summed E-state index contributed by atoms with van der Waals surface area (Å²) in [6.45, 7) is 2.88. The quantitative estimate of drug-likeness (QED) is 0.574. The summed E-state index contributed by atoms with van der Waals surface area (Å²) in [7, 11) is 1.72. The Hall–Kier alpha value is -3.47. The first kappa shape index (κ1) is 20.8. The van der Waals surface area contributed by atoms with E-state index >= 15 is 0 Å². The molecule has 1 aromatic carbocycles. The second kappa shape index (κ2) is 9.56. The fraction of sp³-hybridized carbons (Fsp3) is 0.300. The number of aryl methyl sites for hydroxylation is 1. The number of nitrogens with zero attached hydrogens (tertiary/aromatic N) is 7. The van der Waals surface area contributed by atoms with Gasteiger partial charge in [0.2, 0.25) is 11.1 Å². The predicted octanol–water partition coefficient (Wildman–Crippen LogP) is 1.30. The third-order valence-electron chi connectivity index (χ3n) is 4.92. The maximum atomic E-state index is 12.8. The maximum Gasteiger partial charge on any atom is 0.253 e. The molecule has 31 heavy (non-hydrogen) atoms. The van der Waals surface area contributed by atoms with Crippen molar-refractivity contribution in [3.8, 4) is 0 Å². The van der Waals surface area contributed by atoms with Gasteiger partial charge >= 0.3 is 0 Å².